The zero-order valence-corrected chi connectivity index (χ0v) is 21.1. The summed E-state index contributed by atoms with van der Waals surface area (Å²) in [6.45, 7) is 5.12. The van der Waals surface area contributed by atoms with Crippen LogP contribution in [0.3, 0.4) is 0 Å². The molecule has 3 heterocycles. The highest BCUT2D eigenvalue weighted by Gasteiger charge is 2.26. The SMILES string of the molecule is Cc1[nH]c(/C=C2\C(=O)Nc3ccc(F)cc32)c(C)c1C(=O)NCCC(O)CC(O)CC(=O)N1CCCC1. The lowest BCUT2D eigenvalue weighted by Crippen LogP contribution is -2.33. The van der Waals surface area contributed by atoms with Gasteiger partial charge in [0.2, 0.25) is 5.91 Å². The summed E-state index contributed by atoms with van der Waals surface area (Å²) < 4.78 is 13.7. The van der Waals surface area contributed by atoms with Crippen molar-refractivity contribution in [2.24, 2.45) is 0 Å². The topological polar surface area (TPSA) is 135 Å². The molecule has 0 radical (unpaired) electrons. The van der Waals surface area contributed by atoms with Gasteiger partial charge in [0.15, 0.2) is 0 Å². The molecule has 9 nitrogen and oxygen atoms in total. The van der Waals surface area contributed by atoms with Crippen LogP contribution in [0.15, 0.2) is 18.2 Å². The van der Waals surface area contributed by atoms with Gasteiger partial charge in [0.25, 0.3) is 11.8 Å². The molecule has 37 heavy (non-hydrogen) atoms. The second kappa shape index (κ2) is 11.3. The monoisotopic (exact) mass is 512 g/mol. The van der Waals surface area contributed by atoms with Crippen LogP contribution < -0.4 is 10.6 Å². The smallest absolute Gasteiger partial charge is 0.256 e. The first-order valence-electron chi connectivity index (χ1n) is 12.6. The van der Waals surface area contributed by atoms with Gasteiger partial charge in [0.05, 0.1) is 29.8 Å². The fraction of sp³-hybridized carbons (Fsp3) is 0.444. The molecule has 4 rings (SSSR count). The first-order valence-corrected chi connectivity index (χ1v) is 12.6. The standard InChI is InChI=1S/C27H33FN4O5/c1-15-23(14-21-20-11-17(28)5-6-22(20)31-26(21)36)30-16(2)25(15)27(37)29-8-7-18(33)12-19(34)13-24(35)32-9-3-4-10-32/h5-6,11,14,18-19,30,33-34H,3-4,7-10,12-13H2,1-2H3,(H,29,37)(H,31,36)/b21-14-. The van der Waals surface area contributed by atoms with E-state index < -0.39 is 18.0 Å². The maximum Gasteiger partial charge on any atom is 0.256 e. The number of hydrogen-bond acceptors (Lipinski definition) is 5. The van der Waals surface area contributed by atoms with E-state index in [1.54, 1.807) is 24.8 Å². The van der Waals surface area contributed by atoms with Crippen LogP contribution in [-0.2, 0) is 9.59 Å². The minimum Gasteiger partial charge on any atom is -0.393 e. The number of nitrogens with one attached hydrogen (secondary N) is 3. The Labute approximate surface area is 214 Å². The van der Waals surface area contributed by atoms with Gasteiger partial charge in [-0.25, -0.2) is 4.39 Å². The number of aryl methyl sites for hydroxylation is 1. The number of H-pyrrole nitrogens is 1. The molecule has 3 amide bonds. The molecule has 2 aliphatic rings. The molecule has 2 aliphatic heterocycles. The minimum atomic E-state index is -0.935. The molecule has 1 aromatic carbocycles. The molecule has 1 fully saturated rings. The maximum absolute atomic E-state index is 13.7. The summed E-state index contributed by atoms with van der Waals surface area (Å²) in [7, 11) is 0. The van der Waals surface area contributed by atoms with Gasteiger partial charge in [-0.2, -0.15) is 0 Å². The van der Waals surface area contributed by atoms with E-state index in [0.29, 0.717) is 39.3 Å². The Balaban J connectivity index is 1.33. The molecule has 198 valence electrons. The van der Waals surface area contributed by atoms with Gasteiger partial charge in [-0.3, -0.25) is 14.4 Å². The number of likely N-dealkylation sites (tertiary alicyclic amines) is 1. The molecule has 0 spiro atoms. The highest BCUT2D eigenvalue weighted by Crippen LogP contribution is 2.34. The second-order valence-corrected chi connectivity index (χ2v) is 9.75. The van der Waals surface area contributed by atoms with E-state index in [0.717, 1.165) is 25.9 Å². The van der Waals surface area contributed by atoms with E-state index in [9.17, 15) is 29.0 Å². The Morgan fingerprint density at radius 1 is 1.19 bits per heavy atom. The van der Waals surface area contributed by atoms with Gasteiger partial charge in [0.1, 0.15) is 5.82 Å². The molecule has 1 aromatic heterocycles. The number of amides is 3. The zero-order valence-electron chi connectivity index (χ0n) is 21.1. The Kier molecular flexibility index (Phi) is 8.09. The average molecular weight is 513 g/mol. The van der Waals surface area contributed by atoms with Crippen molar-refractivity contribution >= 4 is 35.1 Å². The summed E-state index contributed by atoms with van der Waals surface area (Å²) in [5.41, 5.74) is 3.52. The third-order valence-corrected chi connectivity index (χ3v) is 6.93. The van der Waals surface area contributed by atoms with Crippen LogP contribution in [0, 0.1) is 19.7 Å². The van der Waals surface area contributed by atoms with Crippen molar-refractivity contribution in [1.82, 2.24) is 15.2 Å². The Hall–Kier alpha value is -3.50. The number of carbonyl (C=O) groups excluding carboxylic acids is 3. The molecule has 1 saturated heterocycles. The quantitative estimate of drug-likeness (QED) is 0.329. The molecule has 0 bridgehead atoms. The Morgan fingerprint density at radius 2 is 1.92 bits per heavy atom. The lowest BCUT2D eigenvalue weighted by atomic mass is 10.0. The van der Waals surface area contributed by atoms with Crippen LogP contribution >= 0.6 is 0 Å². The normalized spacial score (nSPS) is 17.6. The van der Waals surface area contributed by atoms with E-state index in [-0.39, 0.29) is 43.5 Å². The molecular formula is C27H33FN4O5. The molecular weight excluding hydrogens is 479 g/mol. The summed E-state index contributed by atoms with van der Waals surface area (Å²) in [6.07, 6.45) is 2.03. The Morgan fingerprint density at radius 3 is 2.65 bits per heavy atom. The van der Waals surface area contributed by atoms with Gasteiger partial charge >= 0.3 is 0 Å². The summed E-state index contributed by atoms with van der Waals surface area (Å²) in [5.74, 6) is -1.24. The van der Waals surface area contributed by atoms with Gasteiger partial charge in [0, 0.05) is 42.3 Å². The molecule has 2 atom stereocenters. The number of fused-ring (bicyclic) bond motifs is 1. The summed E-state index contributed by atoms with van der Waals surface area (Å²) in [4.78, 5) is 42.3. The van der Waals surface area contributed by atoms with Gasteiger partial charge in [-0.1, -0.05) is 0 Å². The highest BCUT2D eigenvalue weighted by molar-refractivity contribution is 6.34. The number of anilines is 1. The van der Waals surface area contributed by atoms with Crippen molar-refractivity contribution in [3.63, 3.8) is 0 Å². The molecule has 0 saturated carbocycles. The van der Waals surface area contributed by atoms with E-state index >= 15 is 0 Å². The number of rotatable bonds is 9. The van der Waals surface area contributed by atoms with Crippen molar-refractivity contribution in [2.75, 3.05) is 25.0 Å². The van der Waals surface area contributed by atoms with Crippen LogP contribution in [0.5, 0.6) is 0 Å². The first kappa shape index (κ1) is 26.6. The molecule has 0 aliphatic carbocycles. The molecule has 5 N–H and O–H groups in total. The van der Waals surface area contributed by atoms with Crippen LogP contribution in [0.4, 0.5) is 10.1 Å². The predicted molar refractivity (Wildman–Crippen MR) is 137 cm³/mol. The van der Waals surface area contributed by atoms with E-state index in [1.165, 1.54) is 18.2 Å². The van der Waals surface area contributed by atoms with Crippen molar-refractivity contribution < 1.29 is 29.0 Å². The van der Waals surface area contributed by atoms with Crippen molar-refractivity contribution in [1.29, 1.82) is 0 Å². The summed E-state index contributed by atoms with van der Waals surface area (Å²) in [6, 6.07) is 4.08. The lowest BCUT2D eigenvalue weighted by Gasteiger charge is -2.19. The zero-order chi connectivity index (χ0) is 26.7. The number of halogens is 1. The number of aliphatic hydroxyl groups excluding tert-OH is 2. The largest absolute Gasteiger partial charge is 0.393 e. The fourth-order valence-corrected chi connectivity index (χ4v) is 4.96. The first-order chi connectivity index (χ1) is 17.6. The Bertz CT molecular complexity index is 1230. The average Bonchev–Trinajstić information content (AvgIpc) is 3.53. The van der Waals surface area contributed by atoms with Crippen molar-refractivity contribution in [3.05, 3.63) is 52.1 Å². The maximum atomic E-state index is 13.7. The van der Waals surface area contributed by atoms with E-state index in [1.807, 2.05) is 0 Å². The van der Waals surface area contributed by atoms with Crippen LogP contribution in [-0.4, -0.2) is 69.7 Å². The number of carbonyl (C=O) groups is 3. The van der Waals surface area contributed by atoms with Gasteiger partial charge in [-0.05, 0) is 69.4 Å². The molecule has 10 heteroatoms. The van der Waals surface area contributed by atoms with E-state index in [4.69, 9.17) is 0 Å². The third kappa shape index (κ3) is 6.08. The van der Waals surface area contributed by atoms with Crippen LogP contribution in [0.2, 0.25) is 0 Å². The van der Waals surface area contributed by atoms with Gasteiger partial charge < -0.3 is 30.7 Å². The lowest BCUT2D eigenvalue weighted by molar-refractivity contribution is -0.132. The number of nitrogens with zero attached hydrogens (tertiary/aromatic N) is 1. The number of hydrogen-bond donors (Lipinski definition) is 5. The number of aromatic amines is 1. The highest BCUT2D eigenvalue weighted by atomic mass is 19.1. The van der Waals surface area contributed by atoms with E-state index in [2.05, 4.69) is 15.6 Å². The van der Waals surface area contributed by atoms with Crippen LogP contribution in [0.25, 0.3) is 11.6 Å². The summed E-state index contributed by atoms with van der Waals surface area (Å²) in [5, 5.41) is 25.9. The summed E-state index contributed by atoms with van der Waals surface area (Å²) >= 11 is 0. The predicted octanol–water partition coefficient (Wildman–Crippen LogP) is 2.51. The number of benzene rings is 1. The molecule has 2 unspecified atom stereocenters. The number of aliphatic hydroxyl groups is 2. The third-order valence-electron chi connectivity index (χ3n) is 6.93. The van der Waals surface area contributed by atoms with Gasteiger partial charge in [-0.15, -0.1) is 0 Å². The van der Waals surface area contributed by atoms with Crippen molar-refractivity contribution in [2.45, 2.75) is 58.2 Å². The molecule has 2 aromatic rings. The fourth-order valence-electron chi connectivity index (χ4n) is 4.96. The van der Waals surface area contributed by atoms with Crippen molar-refractivity contribution in [3.8, 4) is 0 Å². The minimum absolute atomic E-state index is 0.0153. The van der Waals surface area contributed by atoms with Crippen LogP contribution in [0.1, 0.15) is 65.0 Å². The number of aromatic nitrogens is 1. The second-order valence-electron chi connectivity index (χ2n) is 9.75.